The number of ether oxygens (including phenoxy) is 1. The monoisotopic (exact) mass is 280 g/mol. The molecule has 2 atom stereocenters. The molecule has 2 aromatic carbocycles. The Hall–Kier alpha value is -2.39. The van der Waals surface area contributed by atoms with Crippen LogP contribution in [0.3, 0.4) is 0 Å². The van der Waals surface area contributed by atoms with Crippen molar-refractivity contribution >= 4 is 12.0 Å². The van der Waals surface area contributed by atoms with Crippen LogP contribution in [0, 0.1) is 0 Å². The van der Waals surface area contributed by atoms with E-state index < -0.39 is 0 Å². The Morgan fingerprint density at radius 1 is 1.05 bits per heavy atom. The number of epoxide rings is 1. The number of nitrogens with zero attached hydrogens (tertiary/aromatic N) is 1. The molecule has 0 saturated carbocycles. The van der Waals surface area contributed by atoms with E-state index in [9.17, 15) is 4.79 Å². The highest BCUT2D eigenvalue weighted by molar-refractivity contribution is 5.85. The summed E-state index contributed by atoms with van der Waals surface area (Å²) >= 11 is 0. The van der Waals surface area contributed by atoms with E-state index in [0.717, 1.165) is 11.1 Å². The van der Waals surface area contributed by atoms with Crippen LogP contribution in [0.25, 0.3) is 6.08 Å². The van der Waals surface area contributed by atoms with E-state index >= 15 is 0 Å². The Balaban J connectivity index is 1.60. The molecule has 1 aliphatic rings. The topological polar surface area (TPSA) is 33.1 Å². The second-order valence-electron chi connectivity index (χ2n) is 5.12. The number of benzene rings is 2. The average molecular weight is 280 g/mol. The molecule has 2 aromatic rings. The van der Waals surface area contributed by atoms with Crippen LogP contribution in [-0.2, 0) is 4.79 Å². The molecule has 1 saturated heterocycles. The first kappa shape index (κ1) is 13.6. The van der Waals surface area contributed by atoms with Crippen molar-refractivity contribution in [3.8, 4) is 0 Å². The number of amides is 1. The van der Waals surface area contributed by atoms with Crippen LogP contribution in [0.2, 0.25) is 0 Å². The lowest BCUT2D eigenvalue weighted by Crippen LogP contribution is -2.26. The molecule has 21 heavy (non-hydrogen) atoms. The van der Waals surface area contributed by atoms with Gasteiger partial charge in [-0.2, -0.15) is 0 Å². The summed E-state index contributed by atoms with van der Waals surface area (Å²) in [6.07, 6.45) is 3.51. The van der Waals surface area contributed by atoms with Gasteiger partial charge >= 0.3 is 12.0 Å². The van der Waals surface area contributed by atoms with Crippen molar-refractivity contribution in [3.63, 3.8) is 0 Å². The summed E-state index contributed by atoms with van der Waals surface area (Å²) in [4.78, 5) is 13.9. The van der Waals surface area contributed by atoms with Crippen LogP contribution in [0.5, 0.6) is 0 Å². The van der Waals surface area contributed by atoms with Gasteiger partial charge in [0.05, 0.1) is 0 Å². The second kappa shape index (κ2) is 5.94. The van der Waals surface area contributed by atoms with Crippen molar-refractivity contribution in [3.05, 3.63) is 78.0 Å². The SMILES string of the molecule is CN(/C=C\c1ccccc1)C(=O)[C@@H]1[OH+][C@H]1c1ccccc1. The number of carbonyl (C=O) groups is 1. The van der Waals surface area contributed by atoms with Crippen LogP contribution in [0.4, 0.5) is 0 Å². The molecule has 0 spiro atoms. The Morgan fingerprint density at radius 2 is 1.67 bits per heavy atom. The molecule has 0 aliphatic carbocycles. The van der Waals surface area contributed by atoms with Crippen molar-refractivity contribution in [2.75, 3.05) is 7.05 Å². The average Bonchev–Trinajstić information content (AvgIpc) is 3.34. The molecule has 3 rings (SSSR count). The summed E-state index contributed by atoms with van der Waals surface area (Å²) in [5.41, 5.74) is 2.18. The lowest BCUT2D eigenvalue weighted by molar-refractivity contribution is -0.130. The molecule has 1 N–H and O–H groups in total. The molecule has 1 amide bonds. The Labute approximate surface area is 124 Å². The van der Waals surface area contributed by atoms with E-state index in [1.54, 1.807) is 18.1 Å². The molecule has 106 valence electrons. The Morgan fingerprint density at radius 3 is 2.33 bits per heavy atom. The predicted octanol–water partition coefficient (Wildman–Crippen LogP) is 2.77. The third-order valence-electron chi connectivity index (χ3n) is 3.56. The molecule has 0 aromatic heterocycles. The summed E-state index contributed by atoms with van der Waals surface area (Å²) in [6.45, 7) is 0. The van der Waals surface area contributed by atoms with Crippen LogP contribution < -0.4 is 0 Å². The van der Waals surface area contributed by atoms with E-state index in [1.165, 1.54) is 0 Å². The van der Waals surface area contributed by atoms with E-state index in [2.05, 4.69) is 4.74 Å². The van der Waals surface area contributed by atoms with Crippen LogP contribution in [-0.4, -0.2) is 28.7 Å². The number of hydrogen-bond acceptors (Lipinski definition) is 1. The number of hydrogen-bond donors (Lipinski definition) is 0. The van der Waals surface area contributed by atoms with E-state index in [1.807, 2.05) is 66.7 Å². The zero-order valence-corrected chi connectivity index (χ0v) is 11.9. The summed E-state index contributed by atoms with van der Waals surface area (Å²) in [5, 5.41) is 0. The first-order valence-electron chi connectivity index (χ1n) is 7.00. The van der Waals surface area contributed by atoms with Gasteiger partial charge in [0.25, 0.3) is 6.10 Å². The van der Waals surface area contributed by atoms with Gasteiger partial charge in [-0.25, -0.2) is 0 Å². The van der Waals surface area contributed by atoms with Crippen molar-refractivity contribution in [2.24, 2.45) is 0 Å². The fourth-order valence-corrected chi connectivity index (χ4v) is 2.28. The van der Waals surface area contributed by atoms with E-state index in [-0.39, 0.29) is 18.1 Å². The fraction of sp³-hybridized carbons (Fsp3) is 0.167. The summed E-state index contributed by atoms with van der Waals surface area (Å²) in [6, 6.07) is 19.9. The minimum atomic E-state index is -0.238. The molecular formula is C18H18NO2+. The van der Waals surface area contributed by atoms with Gasteiger partial charge in [0.1, 0.15) is 0 Å². The van der Waals surface area contributed by atoms with Gasteiger partial charge in [-0.1, -0.05) is 60.7 Å². The van der Waals surface area contributed by atoms with Crippen LogP contribution >= 0.6 is 0 Å². The molecular weight excluding hydrogens is 262 g/mol. The van der Waals surface area contributed by atoms with E-state index in [0.29, 0.717) is 0 Å². The summed E-state index contributed by atoms with van der Waals surface area (Å²) < 4.78 is 4.38. The molecule has 3 heteroatoms. The summed E-state index contributed by atoms with van der Waals surface area (Å²) in [7, 11) is 1.78. The van der Waals surface area contributed by atoms with Gasteiger partial charge < -0.3 is 9.64 Å². The molecule has 0 radical (unpaired) electrons. The first-order chi connectivity index (χ1) is 10.3. The second-order valence-corrected chi connectivity index (χ2v) is 5.12. The Kier molecular flexibility index (Phi) is 3.84. The minimum Gasteiger partial charge on any atom is -0.406 e. The maximum Gasteiger partial charge on any atom is 0.315 e. The van der Waals surface area contributed by atoms with Crippen molar-refractivity contribution in [1.82, 2.24) is 4.90 Å². The first-order valence-corrected chi connectivity index (χ1v) is 7.00. The van der Waals surface area contributed by atoms with Crippen LogP contribution in [0.15, 0.2) is 66.9 Å². The molecule has 1 fully saturated rings. The van der Waals surface area contributed by atoms with Gasteiger partial charge in [0, 0.05) is 18.8 Å². The van der Waals surface area contributed by atoms with Crippen molar-refractivity contribution < 1.29 is 9.53 Å². The number of carbonyl (C=O) groups excluding carboxylic acids is 1. The Bertz CT molecular complexity index is 637. The van der Waals surface area contributed by atoms with Crippen molar-refractivity contribution in [1.29, 1.82) is 0 Å². The van der Waals surface area contributed by atoms with Gasteiger partial charge in [-0.15, -0.1) is 0 Å². The lowest BCUT2D eigenvalue weighted by Gasteiger charge is -2.07. The zero-order valence-electron chi connectivity index (χ0n) is 11.9. The smallest absolute Gasteiger partial charge is 0.315 e. The highest BCUT2D eigenvalue weighted by atomic mass is 16.6. The van der Waals surface area contributed by atoms with Gasteiger partial charge in [-0.05, 0) is 11.6 Å². The number of rotatable bonds is 4. The fourth-order valence-electron chi connectivity index (χ4n) is 2.28. The number of likely N-dealkylation sites (N-methyl/N-ethyl adjacent to an activating group) is 1. The third-order valence-corrected chi connectivity index (χ3v) is 3.56. The molecule has 3 nitrogen and oxygen atoms in total. The molecule has 0 unspecified atom stereocenters. The maximum atomic E-state index is 12.3. The van der Waals surface area contributed by atoms with Gasteiger partial charge in [-0.3, -0.25) is 4.79 Å². The maximum absolute atomic E-state index is 12.3. The minimum absolute atomic E-state index is 0.0197. The van der Waals surface area contributed by atoms with Crippen molar-refractivity contribution in [2.45, 2.75) is 12.2 Å². The predicted molar refractivity (Wildman–Crippen MR) is 83.4 cm³/mol. The summed E-state index contributed by atoms with van der Waals surface area (Å²) in [5.74, 6) is 0.0380. The third kappa shape index (κ3) is 3.20. The molecule has 0 bridgehead atoms. The molecule has 1 aliphatic heterocycles. The lowest BCUT2D eigenvalue weighted by atomic mass is 10.1. The van der Waals surface area contributed by atoms with E-state index in [4.69, 9.17) is 0 Å². The zero-order chi connectivity index (χ0) is 14.7. The highest BCUT2D eigenvalue weighted by Gasteiger charge is 2.55. The number of aliphatic hydroxyl groups is 2. The van der Waals surface area contributed by atoms with Gasteiger partial charge in [0.15, 0.2) is 0 Å². The van der Waals surface area contributed by atoms with Crippen LogP contribution in [0.1, 0.15) is 17.2 Å². The quantitative estimate of drug-likeness (QED) is 0.626. The highest BCUT2D eigenvalue weighted by Crippen LogP contribution is 2.35. The molecule has 1 heterocycles. The largest absolute Gasteiger partial charge is 0.406 e. The standard InChI is InChI=1S/C18H17NO2/c1-19(13-12-14-8-4-2-5-9-14)18(20)17-16(21-17)15-10-6-3-7-11-15/h2-13,16-17H,1H3/p+1/b13-12-/t16-,17+/m0/s1. The normalized spacial score (nSPS) is 20.4. The van der Waals surface area contributed by atoms with Gasteiger partial charge in [0.2, 0.25) is 0 Å².